The summed E-state index contributed by atoms with van der Waals surface area (Å²) in [6, 6.07) is 7.26. The largest absolute Gasteiger partial charge is 0.481 e. The van der Waals surface area contributed by atoms with E-state index in [-0.39, 0.29) is 5.91 Å². The van der Waals surface area contributed by atoms with Crippen LogP contribution in [-0.4, -0.2) is 35.1 Å². The number of piperidine rings is 1. The molecule has 0 radical (unpaired) electrons. The van der Waals surface area contributed by atoms with Crippen molar-refractivity contribution in [2.24, 2.45) is 0 Å². The fourth-order valence-corrected chi connectivity index (χ4v) is 2.47. The topological polar surface area (TPSA) is 49.8 Å². The van der Waals surface area contributed by atoms with Gasteiger partial charge in [-0.3, -0.25) is 4.79 Å². The minimum atomic E-state index is -0.536. The maximum Gasteiger partial charge on any atom is 0.263 e. The van der Waals surface area contributed by atoms with Crippen LogP contribution in [0.1, 0.15) is 44.8 Å². The molecule has 1 aliphatic rings. The van der Waals surface area contributed by atoms with E-state index >= 15 is 0 Å². The Labute approximate surface area is 120 Å². The Morgan fingerprint density at radius 1 is 1.25 bits per heavy atom. The molecule has 1 aromatic rings. The van der Waals surface area contributed by atoms with Gasteiger partial charge in [-0.2, -0.15) is 0 Å². The van der Waals surface area contributed by atoms with Crippen molar-refractivity contribution < 1.29 is 14.6 Å². The monoisotopic (exact) mass is 277 g/mol. The third kappa shape index (κ3) is 3.73. The van der Waals surface area contributed by atoms with Gasteiger partial charge in [0.2, 0.25) is 0 Å². The number of amides is 1. The minimum absolute atomic E-state index is 0.0483. The predicted octanol–water partition coefficient (Wildman–Crippen LogP) is 2.52. The number of carbonyl (C=O) groups excluding carboxylic acids is 1. The van der Waals surface area contributed by atoms with Crippen LogP contribution < -0.4 is 4.74 Å². The molecule has 4 heteroatoms. The molecule has 0 spiro atoms. The van der Waals surface area contributed by atoms with E-state index in [0.717, 1.165) is 31.5 Å². The van der Waals surface area contributed by atoms with E-state index in [1.54, 1.807) is 19.9 Å². The van der Waals surface area contributed by atoms with E-state index in [4.69, 9.17) is 4.74 Å². The first-order valence-electron chi connectivity index (χ1n) is 7.31. The molecule has 0 saturated carbocycles. The van der Waals surface area contributed by atoms with E-state index in [0.29, 0.717) is 5.75 Å². The standard InChI is InChI=1S/C16H23NO3/c1-12(18)14-7-6-8-15(11-14)20-13(2)16(19)17-9-4-3-5-10-17/h6-8,11-13,18H,3-5,9-10H2,1-2H3/t12-,13?/m1/s1. The number of nitrogens with zero attached hydrogens (tertiary/aromatic N) is 1. The zero-order valence-electron chi connectivity index (χ0n) is 12.2. The van der Waals surface area contributed by atoms with Crippen molar-refractivity contribution in [3.05, 3.63) is 29.8 Å². The number of benzene rings is 1. The van der Waals surface area contributed by atoms with Gasteiger partial charge in [-0.1, -0.05) is 12.1 Å². The fraction of sp³-hybridized carbons (Fsp3) is 0.562. The average Bonchev–Trinajstić information content (AvgIpc) is 2.47. The summed E-state index contributed by atoms with van der Waals surface area (Å²) in [7, 11) is 0. The Morgan fingerprint density at radius 2 is 1.95 bits per heavy atom. The van der Waals surface area contributed by atoms with Crippen LogP contribution >= 0.6 is 0 Å². The second-order valence-corrected chi connectivity index (χ2v) is 5.39. The van der Waals surface area contributed by atoms with E-state index in [9.17, 15) is 9.90 Å². The SMILES string of the molecule is CC(Oc1cccc([C@@H](C)O)c1)C(=O)N1CCCCC1. The Hall–Kier alpha value is -1.55. The van der Waals surface area contributed by atoms with Crippen LogP contribution in [0, 0.1) is 0 Å². The Balaban J connectivity index is 1.97. The van der Waals surface area contributed by atoms with E-state index in [1.807, 2.05) is 23.1 Å². The van der Waals surface area contributed by atoms with Crippen molar-refractivity contribution in [3.63, 3.8) is 0 Å². The molecule has 0 aromatic heterocycles. The summed E-state index contributed by atoms with van der Waals surface area (Å²) in [5.74, 6) is 0.674. The molecule has 2 rings (SSSR count). The van der Waals surface area contributed by atoms with E-state index in [1.165, 1.54) is 6.42 Å². The molecule has 1 aromatic carbocycles. The molecule has 0 bridgehead atoms. The summed E-state index contributed by atoms with van der Waals surface area (Å²) in [5, 5.41) is 9.56. The molecule has 1 amide bonds. The number of likely N-dealkylation sites (tertiary alicyclic amines) is 1. The first-order chi connectivity index (χ1) is 9.58. The van der Waals surface area contributed by atoms with E-state index < -0.39 is 12.2 Å². The summed E-state index contributed by atoms with van der Waals surface area (Å²) in [6.07, 6.45) is 2.34. The first-order valence-corrected chi connectivity index (χ1v) is 7.31. The number of hydrogen-bond donors (Lipinski definition) is 1. The van der Waals surface area contributed by atoms with Crippen LogP contribution in [0.25, 0.3) is 0 Å². The number of carbonyl (C=O) groups is 1. The van der Waals surface area contributed by atoms with Crippen molar-refractivity contribution >= 4 is 5.91 Å². The minimum Gasteiger partial charge on any atom is -0.481 e. The molecule has 110 valence electrons. The van der Waals surface area contributed by atoms with Crippen LogP contribution in [0.3, 0.4) is 0 Å². The van der Waals surface area contributed by atoms with Gasteiger partial charge in [0, 0.05) is 13.1 Å². The molecule has 20 heavy (non-hydrogen) atoms. The lowest BCUT2D eigenvalue weighted by atomic mass is 10.1. The number of aliphatic hydroxyl groups excluding tert-OH is 1. The van der Waals surface area contributed by atoms with Gasteiger partial charge < -0.3 is 14.7 Å². The third-order valence-corrected chi connectivity index (χ3v) is 3.67. The Morgan fingerprint density at radius 3 is 2.60 bits per heavy atom. The molecule has 1 N–H and O–H groups in total. The number of ether oxygens (including phenoxy) is 1. The molecule has 1 aliphatic heterocycles. The van der Waals surface area contributed by atoms with Gasteiger partial charge >= 0.3 is 0 Å². The molecule has 1 fully saturated rings. The van der Waals surface area contributed by atoms with Gasteiger partial charge in [-0.15, -0.1) is 0 Å². The van der Waals surface area contributed by atoms with Gasteiger partial charge in [-0.05, 0) is 50.8 Å². The molecule has 1 unspecified atom stereocenters. The number of hydrogen-bond acceptors (Lipinski definition) is 3. The van der Waals surface area contributed by atoms with Crippen LogP contribution in [0.15, 0.2) is 24.3 Å². The van der Waals surface area contributed by atoms with Crippen LogP contribution in [0.4, 0.5) is 0 Å². The summed E-state index contributed by atoms with van der Waals surface area (Å²) in [4.78, 5) is 14.2. The summed E-state index contributed by atoms with van der Waals surface area (Å²) in [5.41, 5.74) is 0.792. The normalized spacial score (nSPS) is 18.4. The molecule has 1 heterocycles. The Kier molecular flexibility index (Phi) is 5.01. The highest BCUT2D eigenvalue weighted by Gasteiger charge is 2.23. The highest BCUT2D eigenvalue weighted by molar-refractivity contribution is 5.81. The zero-order valence-corrected chi connectivity index (χ0v) is 12.2. The summed E-state index contributed by atoms with van der Waals surface area (Å²) < 4.78 is 5.72. The molecule has 2 atom stereocenters. The van der Waals surface area contributed by atoms with E-state index in [2.05, 4.69) is 0 Å². The van der Waals surface area contributed by atoms with Crippen molar-refractivity contribution in [2.75, 3.05) is 13.1 Å². The molecule has 0 aliphatic carbocycles. The van der Waals surface area contributed by atoms with Crippen molar-refractivity contribution in [1.29, 1.82) is 0 Å². The lowest BCUT2D eigenvalue weighted by molar-refractivity contribution is -0.138. The quantitative estimate of drug-likeness (QED) is 0.920. The molecule has 1 saturated heterocycles. The van der Waals surface area contributed by atoms with Crippen molar-refractivity contribution in [3.8, 4) is 5.75 Å². The van der Waals surface area contributed by atoms with Gasteiger partial charge in [0.25, 0.3) is 5.91 Å². The van der Waals surface area contributed by atoms with Crippen molar-refractivity contribution in [2.45, 2.75) is 45.3 Å². The van der Waals surface area contributed by atoms with Crippen LogP contribution in [0.2, 0.25) is 0 Å². The zero-order chi connectivity index (χ0) is 14.5. The van der Waals surface area contributed by atoms with Gasteiger partial charge in [0.15, 0.2) is 6.10 Å². The molecular formula is C16H23NO3. The maximum atomic E-state index is 12.3. The first kappa shape index (κ1) is 14.9. The van der Waals surface area contributed by atoms with Gasteiger partial charge in [0.1, 0.15) is 5.75 Å². The van der Waals surface area contributed by atoms with Gasteiger partial charge in [0.05, 0.1) is 6.10 Å². The lowest BCUT2D eigenvalue weighted by Gasteiger charge is -2.29. The lowest BCUT2D eigenvalue weighted by Crippen LogP contribution is -2.43. The van der Waals surface area contributed by atoms with Gasteiger partial charge in [-0.25, -0.2) is 0 Å². The highest BCUT2D eigenvalue weighted by atomic mass is 16.5. The Bertz CT molecular complexity index is 453. The second kappa shape index (κ2) is 6.75. The maximum absolute atomic E-state index is 12.3. The predicted molar refractivity (Wildman–Crippen MR) is 77.6 cm³/mol. The van der Waals surface area contributed by atoms with Crippen molar-refractivity contribution in [1.82, 2.24) is 4.90 Å². The fourth-order valence-electron chi connectivity index (χ4n) is 2.47. The second-order valence-electron chi connectivity index (χ2n) is 5.39. The summed E-state index contributed by atoms with van der Waals surface area (Å²) >= 11 is 0. The number of aliphatic hydroxyl groups is 1. The number of rotatable bonds is 4. The average molecular weight is 277 g/mol. The van der Waals surface area contributed by atoms with Crippen LogP contribution in [0.5, 0.6) is 5.75 Å². The highest BCUT2D eigenvalue weighted by Crippen LogP contribution is 2.20. The molecular weight excluding hydrogens is 254 g/mol. The van der Waals surface area contributed by atoms with Crippen LogP contribution in [-0.2, 0) is 4.79 Å². The third-order valence-electron chi connectivity index (χ3n) is 3.67. The molecule has 4 nitrogen and oxygen atoms in total. The summed E-state index contributed by atoms with van der Waals surface area (Å²) in [6.45, 7) is 5.16. The smallest absolute Gasteiger partial charge is 0.263 e.